The van der Waals surface area contributed by atoms with Gasteiger partial charge in [-0.05, 0) is 51.2 Å². The lowest BCUT2D eigenvalue weighted by Crippen LogP contribution is -2.44. The zero-order valence-corrected chi connectivity index (χ0v) is 15.5. The first kappa shape index (κ1) is 16.5. The summed E-state index contributed by atoms with van der Waals surface area (Å²) in [4.78, 5) is 32.5. The van der Waals surface area contributed by atoms with Gasteiger partial charge in [-0.25, -0.2) is 18.9 Å². The number of hydrogen-bond donors (Lipinski definition) is 0. The lowest BCUT2D eigenvalue weighted by molar-refractivity contribution is -0.135. The van der Waals surface area contributed by atoms with Gasteiger partial charge >= 0.3 is 5.69 Å². The van der Waals surface area contributed by atoms with Crippen LogP contribution in [0.15, 0.2) is 29.1 Å². The van der Waals surface area contributed by atoms with Crippen molar-refractivity contribution in [1.82, 2.24) is 24.1 Å². The number of nitrogens with zero attached hydrogens (tertiary/aromatic N) is 5. The van der Waals surface area contributed by atoms with E-state index in [0.717, 1.165) is 55.4 Å². The number of carbonyl (C=O) groups excluding carboxylic acids is 1. The topological polar surface area (TPSA) is 72.5 Å². The Morgan fingerprint density at radius 1 is 1.19 bits per heavy atom. The molecule has 1 saturated carbocycles. The second-order valence-corrected chi connectivity index (χ2v) is 7.79. The smallest absolute Gasteiger partial charge is 0.338 e. The lowest BCUT2D eigenvalue weighted by Gasteiger charge is -2.33. The Morgan fingerprint density at radius 3 is 2.78 bits per heavy atom. The predicted octanol–water partition coefficient (Wildman–Crippen LogP) is 2.32. The molecule has 0 bridgehead atoms. The second kappa shape index (κ2) is 6.18. The summed E-state index contributed by atoms with van der Waals surface area (Å²) in [6.45, 7) is 2.83. The molecule has 1 aromatic carbocycles. The number of likely N-dealkylation sites (tertiary alicyclic amines) is 1. The van der Waals surface area contributed by atoms with Crippen LogP contribution in [0.2, 0.25) is 0 Å². The van der Waals surface area contributed by atoms with Gasteiger partial charge in [0.05, 0.1) is 5.52 Å². The summed E-state index contributed by atoms with van der Waals surface area (Å²) < 4.78 is 2.94. The van der Waals surface area contributed by atoms with Gasteiger partial charge in [-0.15, -0.1) is 5.10 Å². The van der Waals surface area contributed by atoms with E-state index >= 15 is 0 Å². The molecule has 27 heavy (non-hydrogen) atoms. The fraction of sp³-hybridized carbons (Fsp3) is 0.500. The Balaban J connectivity index is 1.60. The lowest BCUT2D eigenvalue weighted by atomic mass is 10.0. The summed E-state index contributed by atoms with van der Waals surface area (Å²) >= 11 is 0. The third-order valence-electron chi connectivity index (χ3n) is 5.80. The zero-order valence-electron chi connectivity index (χ0n) is 15.5. The summed E-state index contributed by atoms with van der Waals surface area (Å²) in [7, 11) is 0. The third kappa shape index (κ3) is 2.72. The molecule has 1 atom stereocenters. The molecule has 0 unspecified atom stereocenters. The summed E-state index contributed by atoms with van der Waals surface area (Å²) in [6, 6.07) is 7.97. The van der Waals surface area contributed by atoms with Gasteiger partial charge in [0.25, 0.3) is 0 Å². The van der Waals surface area contributed by atoms with Crippen molar-refractivity contribution >= 4 is 22.5 Å². The van der Waals surface area contributed by atoms with E-state index in [4.69, 9.17) is 4.98 Å². The van der Waals surface area contributed by atoms with Gasteiger partial charge in [0.2, 0.25) is 5.91 Å². The summed E-state index contributed by atoms with van der Waals surface area (Å²) in [5, 5.41) is 5.39. The van der Waals surface area contributed by atoms with Crippen molar-refractivity contribution in [2.24, 2.45) is 0 Å². The van der Waals surface area contributed by atoms with Crippen molar-refractivity contribution in [3.05, 3.63) is 40.6 Å². The molecule has 5 rings (SSSR count). The number of aromatic nitrogens is 4. The van der Waals surface area contributed by atoms with Crippen LogP contribution in [-0.4, -0.2) is 42.6 Å². The fourth-order valence-electron chi connectivity index (χ4n) is 4.13. The molecular formula is C20H23N5O2. The number of benzene rings is 1. The van der Waals surface area contributed by atoms with Crippen molar-refractivity contribution in [3.63, 3.8) is 0 Å². The number of para-hydroxylation sites is 1. The molecule has 1 aliphatic carbocycles. The van der Waals surface area contributed by atoms with Crippen LogP contribution in [-0.2, 0) is 11.3 Å². The van der Waals surface area contributed by atoms with Gasteiger partial charge < -0.3 is 4.90 Å². The highest BCUT2D eigenvalue weighted by atomic mass is 16.2. The number of hydrogen-bond acceptors (Lipinski definition) is 4. The molecule has 140 valence electrons. The van der Waals surface area contributed by atoms with Crippen molar-refractivity contribution in [1.29, 1.82) is 0 Å². The monoisotopic (exact) mass is 365 g/mol. The maximum Gasteiger partial charge on any atom is 0.352 e. The maximum absolute atomic E-state index is 13.1. The molecule has 7 heteroatoms. The van der Waals surface area contributed by atoms with Gasteiger partial charge in [-0.1, -0.05) is 12.1 Å². The maximum atomic E-state index is 13.1. The van der Waals surface area contributed by atoms with Crippen molar-refractivity contribution in [3.8, 4) is 0 Å². The van der Waals surface area contributed by atoms with Gasteiger partial charge in [-0.2, -0.15) is 0 Å². The van der Waals surface area contributed by atoms with Crippen LogP contribution in [0.5, 0.6) is 0 Å². The highest BCUT2D eigenvalue weighted by Crippen LogP contribution is 2.39. The molecule has 0 N–H and O–H groups in total. The molecule has 1 saturated heterocycles. The standard InChI is InChI=1S/C20H23N5O2/c1-13-6-4-5-11-23(13)17(26)12-24-20(27)25-18(14-9-10-14)21-16-8-3-2-7-15(16)19(25)22-24/h2-3,7-8,13-14H,4-6,9-12H2,1H3/t13-/m1/s1. The van der Waals surface area contributed by atoms with Gasteiger partial charge in [0, 0.05) is 23.9 Å². The molecule has 1 aliphatic heterocycles. The quantitative estimate of drug-likeness (QED) is 0.714. The van der Waals surface area contributed by atoms with Crippen molar-refractivity contribution < 1.29 is 4.79 Å². The molecule has 2 aliphatic rings. The minimum Gasteiger partial charge on any atom is -0.338 e. The Bertz CT molecular complexity index is 1090. The minimum absolute atomic E-state index is 0.0106. The molecule has 0 radical (unpaired) electrons. The number of amides is 1. The summed E-state index contributed by atoms with van der Waals surface area (Å²) in [5.41, 5.74) is 1.19. The highest BCUT2D eigenvalue weighted by molar-refractivity contribution is 5.91. The van der Waals surface area contributed by atoms with Gasteiger partial charge in [0.1, 0.15) is 12.4 Å². The Labute approximate surface area is 156 Å². The average molecular weight is 365 g/mol. The Morgan fingerprint density at radius 2 is 2.00 bits per heavy atom. The normalized spacial score (nSPS) is 20.5. The van der Waals surface area contributed by atoms with Crippen LogP contribution in [0, 0.1) is 0 Å². The van der Waals surface area contributed by atoms with Crippen LogP contribution in [0.25, 0.3) is 16.6 Å². The van der Waals surface area contributed by atoms with Crippen molar-refractivity contribution in [2.75, 3.05) is 6.54 Å². The summed E-state index contributed by atoms with van der Waals surface area (Å²) in [6.07, 6.45) is 5.29. The van der Waals surface area contributed by atoms with E-state index < -0.39 is 0 Å². The number of carbonyl (C=O) groups is 1. The minimum atomic E-state index is -0.261. The molecular weight excluding hydrogens is 342 g/mol. The fourth-order valence-corrected chi connectivity index (χ4v) is 4.13. The Kier molecular flexibility index (Phi) is 3.77. The van der Waals surface area contributed by atoms with Crippen LogP contribution in [0.3, 0.4) is 0 Å². The van der Waals surface area contributed by atoms with Crippen LogP contribution < -0.4 is 5.69 Å². The Hall–Kier alpha value is -2.70. The second-order valence-electron chi connectivity index (χ2n) is 7.79. The molecule has 3 heterocycles. The SMILES string of the molecule is C[C@@H]1CCCCN1C(=O)Cn1nc2c3ccccc3nc(C3CC3)n2c1=O. The van der Waals surface area contributed by atoms with E-state index in [2.05, 4.69) is 12.0 Å². The molecule has 2 fully saturated rings. The first-order valence-corrected chi connectivity index (χ1v) is 9.81. The van der Waals surface area contributed by atoms with Gasteiger partial charge in [0.15, 0.2) is 5.65 Å². The largest absolute Gasteiger partial charge is 0.352 e. The zero-order chi connectivity index (χ0) is 18.5. The van der Waals surface area contributed by atoms with E-state index in [0.29, 0.717) is 11.6 Å². The van der Waals surface area contributed by atoms with Crippen LogP contribution in [0.4, 0.5) is 0 Å². The number of rotatable bonds is 3. The molecule has 7 nitrogen and oxygen atoms in total. The van der Waals surface area contributed by atoms with E-state index in [1.807, 2.05) is 29.2 Å². The number of piperidine rings is 1. The first-order valence-electron chi connectivity index (χ1n) is 9.81. The average Bonchev–Trinajstić information content (AvgIpc) is 3.47. The van der Waals surface area contributed by atoms with Crippen LogP contribution >= 0.6 is 0 Å². The van der Waals surface area contributed by atoms with Gasteiger partial charge in [-0.3, -0.25) is 4.79 Å². The summed E-state index contributed by atoms with van der Waals surface area (Å²) in [5.74, 6) is 1.06. The molecule has 2 aromatic heterocycles. The molecule has 1 amide bonds. The molecule has 3 aromatic rings. The first-order chi connectivity index (χ1) is 13.1. The highest BCUT2D eigenvalue weighted by Gasteiger charge is 2.31. The molecule has 0 spiro atoms. The third-order valence-corrected chi connectivity index (χ3v) is 5.80. The van der Waals surface area contributed by atoms with E-state index in [9.17, 15) is 9.59 Å². The van der Waals surface area contributed by atoms with Crippen LogP contribution in [0.1, 0.15) is 50.8 Å². The number of fused-ring (bicyclic) bond motifs is 3. The predicted molar refractivity (Wildman–Crippen MR) is 102 cm³/mol. The van der Waals surface area contributed by atoms with E-state index in [1.165, 1.54) is 4.68 Å². The van der Waals surface area contributed by atoms with E-state index in [-0.39, 0.29) is 24.2 Å². The van der Waals surface area contributed by atoms with E-state index in [1.54, 1.807) is 4.40 Å². The van der Waals surface area contributed by atoms with Crippen molar-refractivity contribution in [2.45, 2.75) is 57.5 Å².